The smallest absolute Gasteiger partial charge is 0.340 e. The Morgan fingerprint density at radius 2 is 1.35 bits per heavy atom. The molecule has 0 unspecified atom stereocenters. The van der Waals surface area contributed by atoms with Gasteiger partial charge in [0.05, 0.1) is 12.1 Å². The van der Waals surface area contributed by atoms with Gasteiger partial charge in [0.2, 0.25) is 10.0 Å². The van der Waals surface area contributed by atoms with E-state index in [0.717, 1.165) is 17.7 Å². The van der Waals surface area contributed by atoms with E-state index in [0.29, 0.717) is 5.75 Å². The molecule has 0 amide bonds. The van der Waals surface area contributed by atoms with Crippen molar-refractivity contribution in [1.29, 1.82) is 0 Å². The summed E-state index contributed by atoms with van der Waals surface area (Å²) in [5.41, 5.74) is 0.902. The van der Waals surface area contributed by atoms with Gasteiger partial charge >= 0.3 is 10.1 Å². The number of benzene rings is 3. The van der Waals surface area contributed by atoms with Crippen LogP contribution < -0.4 is 18.8 Å². The standard InChI is InChI=1S/C20H18ClNO7S2/c1-13-3-5-16(6-4-13)29-31(25,26)19-12-20(30(22,23)24)18(11-17(19)21)28-15-9-7-14(27-2)8-10-15/h3-12H,1-2H3,(H2,22,23,24). The van der Waals surface area contributed by atoms with Crippen LogP contribution in [0.3, 0.4) is 0 Å². The zero-order valence-corrected chi connectivity index (χ0v) is 18.8. The Balaban J connectivity index is 2.03. The van der Waals surface area contributed by atoms with Gasteiger partial charge in [-0.15, -0.1) is 0 Å². The number of nitrogens with two attached hydrogens (primary N) is 1. The van der Waals surface area contributed by atoms with Crippen molar-refractivity contribution in [2.24, 2.45) is 5.14 Å². The fourth-order valence-electron chi connectivity index (χ4n) is 2.55. The summed E-state index contributed by atoms with van der Waals surface area (Å²) in [4.78, 5) is -1.14. The molecule has 3 rings (SSSR count). The van der Waals surface area contributed by atoms with Crippen LogP contribution in [-0.4, -0.2) is 23.9 Å². The molecule has 11 heteroatoms. The summed E-state index contributed by atoms with van der Waals surface area (Å²) in [6.45, 7) is 1.83. The van der Waals surface area contributed by atoms with Crippen molar-refractivity contribution in [2.45, 2.75) is 16.7 Å². The minimum absolute atomic E-state index is 0.0392. The van der Waals surface area contributed by atoms with E-state index >= 15 is 0 Å². The maximum atomic E-state index is 12.7. The van der Waals surface area contributed by atoms with Gasteiger partial charge in [0.1, 0.15) is 32.8 Å². The zero-order chi connectivity index (χ0) is 22.8. The van der Waals surface area contributed by atoms with Crippen LogP contribution >= 0.6 is 11.6 Å². The van der Waals surface area contributed by atoms with Gasteiger partial charge in [-0.2, -0.15) is 8.42 Å². The first-order valence-electron chi connectivity index (χ1n) is 8.69. The highest BCUT2D eigenvalue weighted by Crippen LogP contribution is 2.36. The van der Waals surface area contributed by atoms with Crippen molar-refractivity contribution < 1.29 is 30.5 Å². The maximum absolute atomic E-state index is 12.7. The number of ether oxygens (including phenoxy) is 2. The van der Waals surface area contributed by atoms with Gasteiger partial charge < -0.3 is 13.7 Å². The molecule has 3 aromatic rings. The number of hydrogen-bond acceptors (Lipinski definition) is 7. The summed E-state index contributed by atoms with van der Waals surface area (Å²) >= 11 is 6.15. The summed E-state index contributed by atoms with van der Waals surface area (Å²) in [5.74, 6) is 0.615. The third kappa shape index (κ3) is 5.47. The van der Waals surface area contributed by atoms with Crippen LogP contribution in [0, 0.1) is 6.92 Å². The van der Waals surface area contributed by atoms with Crippen molar-refractivity contribution >= 4 is 31.7 Å². The Kier molecular flexibility index (Phi) is 6.46. The second-order valence-electron chi connectivity index (χ2n) is 6.40. The Morgan fingerprint density at radius 3 is 1.90 bits per heavy atom. The molecule has 31 heavy (non-hydrogen) atoms. The number of aryl methyl sites for hydroxylation is 1. The van der Waals surface area contributed by atoms with Crippen LogP contribution in [0.25, 0.3) is 0 Å². The molecule has 164 valence electrons. The first-order valence-corrected chi connectivity index (χ1v) is 12.0. The van der Waals surface area contributed by atoms with Crippen LogP contribution in [0.15, 0.2) is 70.5 Å². The Hall–Kier alpha value is -2.79. The zero-order valence-electron chi connectivity index (χ0n) is 16.4. The highest BCUT2D eigenvalue weighted by molar-refractivity contribution is 7.89. The third-order valence-electron chi connectivity index (χ3n) is 4.09. The van der Waals surface area contributed by atoms with Gasteiger partial charge in [-0.25, -0.2) is 13.6 Å². The summed E-state index contributed by atoms with van der Waals surface area (Å²) < 4.78 is 65.4. The second kappa shape index (κ2) is 8.75. The van der Waals surface area contributed by atoms with Gasteiger partial charge in [0, 0.05) is 6.07 Å². The molecule has 0 radical (unpaired) electrons. The summed E-state index contributed by atoms with van der Waals surface area (Å²) in [6, 6.07) is 14.4. The Labute approximate surface area is 185 Å². The number of hydrogen-bond donors (Lipinski definition) is 1. The summed E-state index contributed by atoms with van der Waals surface area (Å²) in [7, 11) is -7.34. The molecule has 0 aliphatic carbocycles. The monoisotopic (exact) mass is 483 g/mol. The van der Waals surface area contributed by atoms with E-state index < -0.39 is 29.9 Å². The molecule has 0 saturated carbocycles. The lowest BCUT2D eigenvalue weighted by Gasteiger charge is -2.14. The number of rotatable bonds is 7. The van der Waals surface area contributed by atoms with E-state index in [9.17, 15) is 16.8 Å². The van der Waals surface area contributed by atoms with E-state index in [1.807, 2.05) is 6.92 Å². The normalized spacial score (nSPS) is 11.7. The molecule has 0 bridgehead atoms. The largest absolute Gasteiger partial charge is 0.497 e. The molecule has 0 saturated heterocycles. The molecule has 3 aromatic carbocycles. The van der Waals surface area contributed by atoms with Crippen LogP contribution in [0.2, 0.25) is 5.02 Å². The first-order chi connectivity index (χ1) is 14.5. The van der Waals surface area contributed by atoms with Gasteiger partial charge in [-0.1, -0.05) is 29.3 Å². The first kappa shape index (κ1) is 22.9. The summed E-state index contributed by atoms with van der Waals surface area (Å²) in [5, 5.41) is 4.98. The second-order valence-corrected chi connectivity index (χ2v) is 9.85. The molecule has 0 aliphatic heterocycles. The fourth-order valence-corrected chi connectivity index (χ4v) is 4.74. The minimum Gasteiger partial charge on any atom is -0.497 e. The van der Waals surface area contributed by atoms with Gasteiger partial charge in [0.15, 0.2) is 0 Å². The Morgan fingerprint density at radius 1 is 0.806 bits per heavy atom. The van der Waals surface area contributed by atoms with Crippen LogP contribution in [0.5, 0.6) is 23.0 Å². The highest BCUT2D eigenvalue weighted by Gasteiger charge is 2.27. The minimum atomic E-state index is -4.46. The maximum Gasteiger partial charge on any atom is 0.340 e. The quantitative estimate of drug-likeness (QED) is 0.506. The van der Waals surface area contributed by atoms with E-state index in [1.165, 1.54) is 31.4 Å². The van der Waals surface area contributed by atoms with Gasteiger partial charge in [0.25, 0.3) is 0 Å². The Bertz CT molecular complexity index is 1300. The van der Waals surface area contributed by atoms with Crippen molar-refractivity contribution in [2.75, 3.05) is 7.11 Å². The molecule has 0 heterocycles. The summed E-state index contributed by atoms with van der Waals surface area (Å²) in [6.07, 6.45) is 0. The van der Waals surface area contributed by atoms with Crippen LogP contribution in [0.4, 0.5) is 0 Å². The lowest BCUT2D eigenvalue weighted by Crippen LogP contribution is -2.16. The average Bonchev–Trinajstić information content (AvgIpc) is 2.69. The molecule has 0 atom stereocenters. The van der Waals surface area contributed by atoms with Crippen LogP contribution in [-0.2, 0) is 20.1 Å². The van der Waals surface area contributed by atoms with Crippen molar-refractivity contribution in [1.82, 2.24) is 0 Å². The van der Waals surface area contributed by atoms with E-state index in [-0.39, 0.29) is 22.3 Å². The molecule has 8 nitrogen and oxygen atoms in total. The van der Waals surface area contributed by atoms with Crippen LogP contribution in [0.1, 0.15) is 5.56 Å². The van der Waals surface area contributed by atoms with Crippen molar-refractivity contribution in [3.8, 4) is 23.0 Å². The molecule has 0 spiro atoms. The predicted molar refractivity (Wildman–Crippen MR) is 115 cm³/mol. The van der Waals surface area contributed by atoms with Crippen molar-refractivity contribution in [3.05, 3.63) is 71.2 Å². The number of methoxy groups -OCH3 is 1. The topological polar surface area (TPSA) is 122 Å². The van der Waals surface area contributed by atoms with E-state index in [2.05, 4.69) is 0 Å². The highest BCUT2D eigenvalue weighted by atomic mass is 35.5. The molecular weight excluding hydrogens is 466 g/mol. The number of halogens is 1. The number of primary sulfonamides is 1. The molecule has 0 fully saturated rings. The molecule has 0 aliphatic rings. The third-order valence-corrected chi connectivity index (χ3v) is 6.73. The number of sulfonamides is 1. The fraction of sp³-hybridized carbons (Fsp3) is 0.100. The van der Waals surface area contributed by atoms with Gasteiger partial charge in [-0.05, 0) is 49.4 Å². The lowest BCUT2D eigenvalue weighted by atomic mass is 10.2. The molecule has 2 N–H and O–H groups in total. The molecular formula is C20H18ClNO7S2. The lowest BCUT2D eigenvalue weighted by molar-refractivity contribution is 0.412. The SMILES string of the molecule is COc1ccc(Oc2cc(Cl)c(S(=O)(=O)Oc3ccc(C)cc3)cc2S(N)(=O)=O)cc1. The average molecular weight is 484 g/mol. The predicted octanol–water partition coefficient (Wildman–Crippen LogP) is 3.86. The van der Waals surface area contributed by atoms with E-state index in [1.54, 1.807) is 24.3 Å². The van der Waals surface area contributed by atoms with Gasteiger partial charge in [-0.3, -0.25) is 0 Å². The van der Waals surface area contributed by atoms with Crippen molar-refractivity contribution in [3.63, 3.8) is 0 Å². The van der Waals surface area contributed by atoms with E-state index in [4.69, 9.17) is 30.4 Å². The molecule has 0 aromatic heterocycles.